The van der Waals surface area contributed by atoms with Crippen LogP contribution in [0.1, 0.15) is 15.9 Å². The zero-order chi connectivity index (χ0) is 19.0. The van der Waals surface area contributed by atoms with E-state index >= 15 is 0 Å². The minimum atomic E-state index is -0.964. The number of nitrogen functional groups attached to an aromatic ring is 1. The molecule has 142 valence electrons. The predicted molar refractivity (Wildman–Crippen MR) is 108 cm³/mol. The number of carboxylic acid groups (broad SMARTS) is 1. The molecule has 0 radical (unpaired) electrons. The van der Waals surface area contributed by atoms with Crippen LogP contribution in [0.3, 0.4) is 0 Å². The highest BCUT2D eigenvalue weighted by atomic mass is 35.5. The number of nitrogens with zero attached hydrogens (tertiary/aromatic N) is 3. The lowest BCUT2D eigenvalue weighted by atomic mass is 9.99. The molecule has 0 spiro atoms. The van der Waals surface area contributed by atoms with Gasteiger partial charge in [-0.3, -0.25) is 9.78 Å². The van der Waals surface area contributed by atoms with Gasteiger partial charge in [0.1, 0.15) is 0 Å². The Balaban J connectivity index is 0.00000225. The third kappa shape index (κ3) is 3.45. The molecule has 9 heteroatoms. The third-order valence-electron chi connectivity index (χ3n) is 4.27. The van der Waals surface area contributed by atoms with Crippen molar-refractivity contribution in [1.29, 1.82) is 0 Å². The smallest absolute Gasteiger partial charge is 0.336 e. The van der Waals surface area contributed by atoms with Crippen LogP contribution in [0, 0.1) is 0 Å². The zero-order valence-corrected chi connectivity index (χ0v) is 15.3. The third-order valence-corrected chi connectivity index (χ3v) is 4.27. The van der Waals surface area contributed by atoms with Crippen molar-refractivity contribution in [3.63, 3.8) is 0 Å². The normalized spacial score (nSPS) is 10.6. The van der Waals surface area contributed by atoms with Gasteiger partial charge in [0.25, 0.3) is 5.56 Å². The van der Waals surface area contributed by atoms with Crippen LogP contribution < -0.4 is 11.3 Å². The number of nitrogens with two attached hydrogens (primary N) is 1. The second-order valence-corrected chi connectivity index (χ2v) is 6.04. The van der Waals surface area contributed by atoms with Gasteiger partial charge in [0, 0.05) is 0 Å². The lowest BCUT2D eigenvalue weighted by molar-refractivity contribution is 0.0697. The molecule has 4 aromatic rings. The highest BCUT2D eigenvalue weighted by molar-refractivity contribution is 5.96. The Bertz CT molecular complexity index is 1210. The van der Waals surface area contributed by atoms with Gasteiger partial charge in [-0.1, -0.05) is 42.5 Å². The molecule has 0 bridgehead atoms. The summed E-state index contributed by atoms with van der Waals surface area (Å²) in [5.41, 5.74) is 8.56. The molecule has 0 saturated carbocycles. The lowest BCUT2D eigenvalue weighted by Gasteiger charge is -2.08. The number of aromatic amines is 1. The van der Waals surface area contributed by atoms with E-state index in [0.29, 0.717) is 17.8 Å². The summed E-state index contributed by atoms with van der Waals surface area (Å²) in [5, 5.41) is 9.34. The maximum atomic E-state index is 11.9. The van der Waals surface area contributed by atoms with Gasteiger partial charge in [0.2, 0.25) is 5.95 Å². The molecular formula is C19H16ClN5O3. The highest BCUT2D eigenvalue weighted by Gasteiger charge is 2.12. The Labute approximate surface area is 165 Å². The number of H-pyrrole nitrogens is 1. The summed E-state index contributed by atoms with van der Waals surface area (Å²) >= 11 is 0. The maximum Gasteiger partial charge on any atom is 0.336 e. The molecule has 4 N–H and O–H groups in total. The van der Waals surface area contributed by atoms with Crippen LogP contribution in [0.25, 0.3) is 22.3 Å². The van der Waals surface area contributed by atoms with Crippen molar-refractivity contribution in [3.05, 3.63) is 76.3 Å². The Kier molecular flexibility index (Phi) is 5.14. The number of nitrogens with one attached hydrogen (secondary N) is 1. The van der Waals surface area contributed by atoms with Crippen LogP contribution in [0.5, 0.6) is 0 Å². The monoisotopic (exact) mass is 397 g/mol. The number of carbonyl (C=O) groups is 1. The lowest BCUT2D eigenvalue weighted by Crippen LogP contribution is -2.12. The number of aromatic carboxylic acids is 1. The van der Waals surface area contributed by atoms with Crippen LogP contribution in [0.2, 0.25) is 0 Å². The van der Waals surface area contributed by atoms with E-state index in [4.69, 9.17) is 5.73 Å². The van der Waals surface area contributed by atoms with Gasteiger partial charge in [-0.2, -0.15) is 4.98 Å². The summed E-state index contributed by atoms with van der Waals surface area (Å²) in [6.07, 6.45) is 1.54. The second-order valence-electron chi connectivity index (χ2n) is 6.04. The number of aromatic nitrogens is 4. The molecule has 28 heavy (non-hydrogen) atoms. The van der Waals surface area contributed by atoms with Gasteiger partial charge in [-0.05, 0) is 22.8 Å². The Hall–Kier alpha value is -3.65. The van der Waals surface area contributed by atoms with E-state index in [1.807, 2.05) is 24.3 Å². The minimum absolute atomic E-state index is 0. The summed E-state index contributed by atoms with van der Waals surface area (Å²) in [5.74, 6) is -0.927. The molecule has 8 nitrogen and oxygen atoms in total. The van der Waals surface area contributed by atoms with Gasteiger partial charge in [0.05, 0.1) is 18.4 Å². The van der Waals surface area contributed by atoms with Crippen LogP contribution >= 0.6 is 12.4 Å². The molecule has 2 heterocycles. The Morgan fingerprint density at radius 2 is 1.86 bits per heavy atom. The predicted octanol–water partition coefficient (Wildman–Crippen LogP) is 2.54. The second kappa shape index (κ2) is 7.53. The molecule has 0 fully saturated rings. The van der Waals surface area contributed by atoms with Crippen molar-refractivity contribution in [2.75, 3.05) is 5.73 Å². The van der Waals surface area contributed by atoms with E-state index in [1.54, 1.807) is 35.2 Å². The fraction of sp³-hybridized carbons (Fsp3) is 0.0526. The van der Waals surface area contributed by atoms with Crippen molar-refractivity contribution in [1.82, 2.24) is 19.5 Å². The number of rotatable bonds is 4. The number of fused-ring (bicyclic) bond motifs is 1. The van der Waals surface area contributed by atoms with Crippen LogP contribution in [-0.2, 0) is 6.54 Å². The first-order valence-corrected chi connectivity index (χ1v) is 8.15. The number of imidazole rings is 1. The van der Waals surface area contributed by atoms with E-state index < -0.39 is 5.97 Å². The van der Waals surface area contributed by atoms with Crippen molar-refractivity contribution < 1.29 is 9.90 Å². The number of anilines is 1. The Morgan fingerprint density at radius 1 is 1.14 bits per heavy atom. The number of hydrogen-bond donors (Lipinski definition) is 3. The molecule has 0 aliphatic carbocycles. The Morgan fingerprint density at radius 3 is 2.57 bits per heavy atom. The molecule has 0 aliphatic rings. The average Bonchev–Trinajstić information content (AvgIpc) is 3.05. The van der Waals surface area contributed by atoms with E-state index in [9.17, 15) is 14.7 Å². The van der Waals surface area contributed by atoms with Crippen molar-refractivity contribution in [2.45, 2.75) is 6.54 Å². The van der Waals surface area contributed by atoms with Crippen LogP contribution in [0.4, 0.5) is 5.95 Å². The molecule has 4 rings (SSSR count). The van der Waals surface area contributed by atoms with Crippen LogP contribution in [-0.4, -0.2) is 30.6 Å². The van der Waals surface area contributed by atoms with Gasteiger partial charge >= 0.3 is 5.97 Å². The fourth-order valence-corrected chi connectivity index (χ4v) is 2.99. The first-order valence-electron chi connectivity index (χ1n) is 8.15. The molecular weight excluding hydrogens is 382 g/mol. The van der Waals surface area contributed by atoms with E-state index in [1.165, 1.54) is 0 Å². The van der Waals surface area contributed by atoms with Crippen molar-refractivity contribution in [3.8, 4) is 11.1 Å². The molecule has 0 saturated heterocycles. The van der Waals surface area contributed by atoms with E-state index in [0.717, 1.165) is 11.1 Å². The van der Waals surface area contributed by atoms with Gasteiger partial charge in [-0.25, -0.2) is 9.78 Å². The van der Waals surface area contributed by atoms with Crippen LogP contribution in [0.15, 0.2) is 59.7 Å². The number of halogens is 1. The van der Waals surface area contributed by atoms with E-state index in [-0.39, 0.29) is 35.0 Å². The SMILES string of the molecule is Cl.Nc1nc2c(ncn2Cc2ccc(-c3ccccc3C(=O)O)cc2)c(=O)[nH]1. The summed E-state index contributed by atoms with van der Waals surface area (Å²) in [6.45, 7) is 0.452. The average molecular weight is 398 g/mol. The van der Waals surface area contributed by atoms with Crippen molar-refractivity contribution in [2.24, 2.45) is 0 Å². The molecule has 0 unspecified atom stereocenters. The maximum absolute atomic E-state index is 11.9. The molecule has 0 amide bonds. The van der Waals surface area contributed by atoms with Gasteiger partial charge in [-0.15, -0.1) is 12.4 Å². The van der Waals surface area contributed by atoms with Gasteiger partial charge in [0.15, 0.2) is 11.2 Å². The van der Waals surface area contributed by atoms with Gasteiger partial charge < -0.3 is 15.4 Å². The summed E-state index contributed by atoms with van der Waals surface area (Å²) < 4.78 is 1.74. The zero-order valence-electron chi connectivity index (χ0n) is 14.5. The molecule has 2 aromatic heterocycles. The number of hydrogen-bond acceptors (Lipinski definition) is 5. The molecule has 0 aliphatic heterocycles. The first-order chi connectivity index (χ1) is 13.0. The first kappa shape index (κ1) is 19.1. The van der Waals surface area contributed by atoms with Crippen molar-refractivity contribution >= 4 is 35.5 Å². The minimum Gasteiger partial charge on any atom is -0.478 e. The summed E-state index contributed by atoms with van der Waals surface area (Å²) in [7, 11) is 0. The quantitative estimate of drug-likeness (QED) is 0.485. The highest BCUT2D eigenvalue weighted by Crippen LogP contribution is 2.24. The van der Waals surface area contributed by atoms with E-state index in [2.05, 4.69) is 15.0 Å². The summed E-state index contributed by atoms with van der Waals surface area (Å²) in [4.78, 5) is 33.9. The summed E-state index contributed by atoms with van der Waals surface area (Å²) in [6, 6.07) is 14.4. The largest absolute Gasteiger partial charge is 0.478 e. The fourth-order valence-electron chi connectivity index (χ4n) is 2.99. The topological polar surface area (TPSA) is 127 Å². The molecule has 0 atom stereocenters. The number of benzene rings is 2. The molecule has 2 aromatic carbocycles. The standard InChI is InChI=1S/C19H15N5O3.ClH/c20-19-22-16-15(17(25)23-19)21-10-24(16)9-11-5-7-12(8-6-11)13-3-1-2-4-14(13)18(26)27;/h1-8,10H,9H2,(H,26,27)(H3,20,22,23,25);1H. The number of carboxylic acids is 1.